The summed E-state index contributed by atoms with van der Waals surface area (Å²) in [6.45, 7) is 7.20. The molecule has 2 heteroatoms. The predicted octanol–water partition coefficient (Wildman–Crippen LogP) is 2.19. The van der Waals surface area contributed by atoms with Crippen LogP contribution >= 0.6 is 0 Å². The summed E-state index contributed by atoms with van der Waals surface area (Å²) in [5.41, 5.74) is 0. The first-order valence-electron chi connectivity index (χ1n) is 5.68. The molecule has 1 rings (SSSR count). The van der Waals surface area contributed by atoms with Gasteiger partial charge in [0.1, 0.15) is 0 Å². The lowest BCUT2D eigenvalue weighted by molar-refractivity contribution is 0.0879. The number of rotatable bonds is 5. The van der Waals surface area contributed by atoms with Crippen molar-refractivity contribution in [1.29, 1.82) is 0 Å². The van der Waals surface area contributed by atoms with Gasteiger partial charge in [0, 0.05) is 19.3 Å². The molecule has 0 radical (unpaired) electrons. The van der Waals surface area contributed by atoms with Crippen LogP contribution in [0.3, 0.4) is 0 Å². The molecule has 2 unspecified atom stereocenters. The first kappa shape index (κ1) is 11.0. The molecule has 0 aromatic rings. The first-order valence-corrected chi connectivity index (χ1v) is 5.68. The third-order valence-electron chi connectivity index (χ3n) is 2.83. The van der Waals surface area contributed by atoms with Gasteiger partial charge in [0.15, 0.2) is 0 Å². The van der Waals surface area contributed by atoms with Crippen molar-refractivity contribution in [1.82, 2.24) is 5.32 Å². The van der Waals surface area contributed by atoms with E-state index in [4.69, 9.17) is 4.74 Å². The van der Waals surface area contributed by atoms with Crippen LogP contribution in [-0.4, -0.2) is 25.8 Å². The van der Waals surface area contributed by atoms with Gasteiger partial charge in [0.25, 0.3) is 0 Å². The van der Waals surface area contributed by atoms with E-state index in [9.17, 15) is 0 Å². The average Bonchev–Trinajstić information content (AvgIpc) is 2.16. The van der Waals surface area contributed by atoms with Crippen molar-refractivity contribution in [2.45, 2.75) is 45.6 Å². The van der Waals surface area contributed by atoms with Crippen LogP contribution in [-0.2, 0) is 4.74 Å². The minimum Gasteiger partial charge on any atom is -0.381 e. The van der Waals surface area contributed by atoms with Gasteiger partial charge in [-0.05, 0) is 38.6 Å². The summed E-state index contributed by atoms with van der Waals surface area (Å²) < 4.78 is 5.47. The molecule has 1 aliphatic rings. The molecule has 0 aromatic carbocycles. The van der Waals surface area contributed by atoms with Crippen LogP contribution in [0.4, 0.5) is 0 Å². The third-order valence-corrected chi connectivity index (χ3v) is 2.83. The Bertz CT molecular complexity index is 125. The van der Waals surface area contributed by atoms with Crippen molar-refractivity contribution in [3.8, 4) is 0 Å². The molecular weight excluding hydrogens is 162 g/mol. The van der Waals surface area contributed by atoms with Gasteiger partial charge in [-0.1, -0.05) is 13.3 Å². The lowest BCUT2D eigenvalue weighted by Crippen LogP contribution is -2.35. The van der Waals surface area contributed by atoms with Crippen LogP contribution in [0.1, 0.15) is 39.5 Å². The lowest BCUT2D eigenvalue weighted by atomic mass is 9.86. The highest BCUT2D eigenvalue weighted by molar-refractivity contribution is 4.77. The van der Waals surface area contributed by atoms with Gasteiger partial charge in [0.05, 0.1) is 0 Å². The Kier molecular flexibility index (Phi) is 5.40. The highest BCUT2D eigenvalue weighted by Gasteiger charge is 2.20. The molecule has 0 saturated heterocycles. The molecule has 1 aliphatic carbocycles. The van der Waals surface area contributed by atoms with E-state index in [1.807, 2.05) is 0 Å². The molecule has 1 saturated carbocycles. The Morgan fingerprint density at radius 3 is 2.85 bits per heavy atom. The van der Waals surface area contributed by atoms with Gasteiger partial charge in [0.2, 0.25) is 0 Å². The highest BCUT2D eigenvalue weighted by atomic mass is 16.5. The van der Waals surface area contributed by atoms with Gasteiger partial charge < -0.3 is 10.1 Å². The molecule has 0 heterocycles. The summed E-state index contributed by atoms with van der Waals surface area (Å²) in [6.07, 6.45) is 5.40. The number of hydrogen-bond donors (Lipinski definition) is 1. The molecule has 0 amide bonds. The summed E-state index contributed by atoms with van der Waals surface area (Å²) in [5.74, 6) is 0.803. The molecule has 0 bridgehead atoms. The molecule has 2 atom stereocenters. The van der Waals surface area contributed by atoms with Gasteiger partial charge >= 0.3 is 0 Å². The van der Waals surface area contributed by atoms with E-state index in [2.05, 4.69) is 19.2 Å². The van der Waals surface area contributed by atoms with Gasteiger partial charge in [-0.15, -0.1) is 0 Å². The molecule has 2 nitrogen and oxygen atoms in total. The summed E-state index contributed by atoms with van der Waals surface area (Å²) >= 11 is 0. The Hall–Kier alpha value is -0.0800. The van der Waals surface area contributed by atoms with Crippen molar-refractivity contribution in [2.75, 3.05) is 19.8 Å². The Labute approximate surface area is 82.0 Å². The van der Waals surface area contributed by atoms with Gasteiger partial charge in [-0.25, -0.2) is 0 Å². The zero-order valence-electron chi connectivity index (χ0n) is 9.01. The van der Waals surface area contributed by atoms with E-state index in [0.717, 1.165) is 31.7 Å². The average molecular weight is 185 g/mol. The zero-order chi connectivity index (χ0) is 9.52. The van der Waals surface area contributed by atoms with Crippen LogP contribution < -0.4 is 5.32 Å². The fourth-order valence-electron chi connectivity index (χ4n) is 2.20. The predicted molar refractivity (Wildman–Crippen MR) is 55.9 cm³/mol. The van der Waals surface area contributed by atoms with Gasteiger partial charge in [-0.3, -0.25) is 0 Å². The second-order valence-corrected chi connectivity index (χ2v) is 3.95. The number of hydrogen-bond acceptors (Lipinski definition) is 2. The fourth-order valence-corrected chi connectivity index (χ4v) is 2.20. The summed E-state index contributed by atoms with van der Waals surface area (Å²) in [5, 5.41) is 3.54. The Balaban J connectivity index is 2.16. The Morgan fingerprint density at radius 1 is 1.31 bits per heavy atom. The maximum Gasteiger partial charge on any atom is 0.0494 e. The van der Waals surface area contributed by atoms with Crippen LogP contribution in [0.5, 0.6) is 0 Å². The van der Waals surface area contributed by atoms with Gasteiger partial charge in [-0.2, -0.15) is 0 Å². The molecule has 13 heavy (non-hydrogen) atoms. The Morgan fingerprint density at radius 2 is 2.15 bits per heavy atom. The monoisotopic (exact) mass is 185 g/mol. The molecule has 0 aromatic heterocycles. The van der Waals surface area contributed by atoms with Crippen molar-refractivity contribution in [3.05, 3.63) is 0 Å². The minimum absolute atomic E-state index is 0.754. The summed E-state index contributed by atoms with van der Waals surface area (Å²) in [4.78, 5) is 0. The highest BCUT2D eigenvalue weighted by Crippen LogP contribution is 2.24. The van der Waals surface area contributed by atoms with Crippen LogP contribution in [0.15, 0.2) is 0 Å². The van der Waals surface area contributed by atoms with E-state index in [1.54, 1.807) is 0 Å². The lowest BCUT2D eigenvalue weighted by Gasteiger charge is -2.29. The quantitative estimate of drug-likeness (QED) is 0.709. The molecule has 78 valence electrons. The molecule has 1 N–H and O–H groups in total. The largest absolute Gasteiger partial charge is 0.381 e. The maximum absolute atomic E-state index is 5.47. The summed E-state index contributed by atoms with van der Waals surface area (Å²) in [7, 11) is 0. The SMILES string of the molecule is CCNC1CCCC(COCC)C1. The molecule has 0 spiro atoms. The maximum atomic E-state index is 5.47. The van der Waals surface area contributed by atoms with E-state index < -0.39 is 0 Å². The van der Waals surface area contributed by atoms with E-state index in [0.29, 0.717) is 0 Å². The van der Waals surface area contributed by atoms with Crippen molar-refractivity contribution in [2.24, 2.45) is 5.92 Å². The van der Waals surface area contributed by atoms with E-state index in [1.165, 1.54) is 25.7 Å². The van der Waals surface area contributed by atoms with Crippen LogP contribution in [0.2, 0.25) is 0 Å². The van der Waals surface area contributed by atoms with Crippen LogP contribution in [0.25, 0.3) is 0 Å². The first-order chi connectivity index (χ1) is 6.36. The summed E-state index contributed by atoms with van der Waals surface area (Å²) in [6, 6.07) is 0.754. The minimum atomic E-state index is 0.754. The normalized spacial score (nSPS) is 29.1. The number of nitrogens with one attached hydrogen (secondary N) is 1. The van der Waals surface area contributed by atoms with Crippen LogP contribution in [0, 0.1) is 5.92 Å². The number of ether oxygens (including phenoxy) is 1. The second-order valence-electron chi connectivity index (χ2n) is 3.95. The molecular formula is C11H23NO. The van der Waals surface area contributed by atoms with Crippen molar-refractivity contribution >= 4 is 0 Å². The standard InChI is InChI=1S/C11H23NO/c1-3-12-11-7-5-6-10(8-11)9-13-4-2/h10-12H,3-9H2,1-2H3. The van der Waals surface area contributed by atoms with Crippen molar-refractivity contribution in [3.63, 3.8) is 0 Å². The zero-order valence-corrected chi connectivity index (χ0v) is 9.01. The van der Waals surface area contributed by atoms with E-state index >= 15 is 0 Å². The molecule has 0 aliphatic heterocycles. The third kappa shape index (κ3) is 4.10. The molecule has 1 fully saturated rings. The second kappa shape index (κ2) is 6.39. The van der Waals surface area contributed by atoms with Crippen molar-refractivity contribution < 1.29 is 4.74 Å². The fraction of sp³-hybridized carbons (Fsp3) is 1.00. The topological polar surface area (TPSA) is 21.3 Å². The smallest absolute Gasteiger partial charge is 0.0494 e. The van der Waals surface area contributed by atoms with E-state index in [-0.39, 0.29) is 0 Å².